The molecule has 0 atom stereocenters. The Kier molecular flexibility index (Phi) is 5.56. The van der Waals surface area contributed by atoms with E-state index in [2.05, 4.69) is 13.8 Å². The Labute approximate surface area is 78.1 Å². The summed E-state index contributed by atoms with van der Waals surface area (Å²) in [6.07, 6.45) is 7.31. The zero-order chi connectivity index (χ0) is 9.61. The van der Waals surface area contributed by atoms with Crippen molar-refractivity contribution in [2.75, 3.05) is 21.1 Å². The third-order valence-electron chi connectivity index (χ3n) is 2.21. The smallest absolute Gasteiger partial charge is 0.0140 e. The molecule has 0 amide bonds. The van der Waals surface area contributed by atoms with E-state index in [4.69, 9.17) is 0 Å². The summed E-state index contributed by atoms with van der Waals surface area (Å²) in [5, 5.41) is 0. The fraction of sp³-hybridized carbons (Fsp3) is 1.00. The molecule has 0 saturated heterocycles. The summed E-state index contributed by atoms with van der Waals surface area (Å²) in [6.45, 7) is 4.76. The molecule has 0 aliphatic heterocycles. The second kappa shape index (κ2) is 5.58. The maximum atomic E-state index is 2.38. The minimum atomic E-state index is 0.679. The van der Waals surface area contributed by atoms with E-state index in [1.165, 1.54) is 32.1 Å². The van der Waals surface area contributed by atoms with Crippen LogP contribution in [0.2, 0.25) is 0 Å². The molecular weight excluding hydrogens is 146 g/mol. The van der Waals surface area contributed by atoms with Crippen LogP contribution in [0.1, 0.15) is 46.0 Å². The second-order valence-electron chi connectivity index (χ2n) is 5.07. The highest BCUT2D eigenvalue weighted by Crippen LogP contribution is 2.34. The lowest BCUT2D eigenvalue weighted by Gasteiger charge is -2.28. The molecule has 0 unspecified atom stereocenters. The summed E-state index contributed by atoms with van der Waals surface area (Å²) in [5.41, 5.74) is 0.679. The fourth-order valence-electron chi connectivity index (χ4n) is 1.51. The molecule has 1 saturated carbocycles. The molecule has 12 heavy (non-hydrogen) atoms. The van der Waals surface area contributed by atoms with Crippen molar-refractivity contribution in [3.8, 4) is 0 Å². The van der Waals surface area contributed by atoms with Crippen molar-refractivity contribution in [1.29, 1.82) is 0 Å². The van der Waals surface area contributed by atoms with Gasteiger partial charge in [-0.25, -0.2) is 0 Å². The summed E-state index contributed by atoms with van der Waals surface area (Å²) in [7, 11) is 6.00. The summed E-state index contributed by atoms with van der Waals surface area (Å²) in [5.74, 6) is 0. The lowest BCUT2D eigenvalue weighted by Crippen LogP contribution is -2.14. The molecule has 0 aromatic heterocycles. The maximum Gasteiger partial charge on any atom is -0.0140 e. The summed E-state index contributed by atoms with van der Waals surface area (Å²) < 4.78 is 0. The van der Waals surface area contributed by atoms with Gasteiger partial charge in [-0.3, -0.25) is 0 Å². The molecule has 1 fully saturated rings. The van der Waals surface area contributed by atoms with Crippen LogP contribution in [0.4, 0.5) is 0 Å². The van der Waals surface area contributed by atoms with Crippen molar-refractivity contribution in [2.45, 2.75) is 46.0 Å². The van der Waals surface area contributed by atoms with E-state index < -0.39 is 0 Å². The Balaban J connectivity index is 0.000000261. The Bertz CT molecular complexity index is 94.8. The molecular formula is C11H25N. The number of hydrogen-bond donors (Lipinski definition) is 0. The zero-order valence-corrected chi connectivity index (χ0v) is 9.48. The van der Waals surface area contributed by atoms with Gasteiger partial charge in [0.25, 0.3) is 0 Å². The van der Waals surface area contributed by atoms with Crippen molar-refractivity contribution >= 4 is 0 Å². The average molecular weight is 171 g/mol. The van der Waals surface area contributed by atoms with E-state index in [0.29, 0.717) is 5.41 Å². The van der Waals surface area contributed by atoms with Crippen LogP contribution < -0.4 is 0 Å². The van der Waals surface area contributed by atoms with E-state index in [9.17, 15) is 0 Å². The molecule has 1 heteroatoms. The summed E-state index contributed by atoms with van der Waals surface area (Å²) in [6, 6.07) is 0. The van der Waals surface area contributed by atoms with Gasteiger partial charge >= 0.3 is 0 Å². The predicted octanol–water partition coefficient (Wildman–Crippen LogP) is 3.15. The number of rotatable bonds is 0. The van der Waals surface area contributed by atoms with E-state index in [1.807, 2.05) is 26.0 Å². The molecule has 0 aromatic carbocycles. The normalized spacial score (nSPS) is 21.5. The Morgan fingerprint density at radius 1 is 0.833 bits per heavy atom. The Hall–Kier alpha value is -0.0400. The van der Waals surface area contributed by atoms with Gasteiger partial charge in [0.15, 0.2) is 0 Å². The highest BCUT2D eigenvalue weighted by atomic mass is 15.0. The van der Waals surface area contributed by atoms with Gasteiger partial charge < -0.3 is 4.90 Å². The first kappa shape index (κ1) is 12.0. The van der Waals surface area contributed by atoms with Gasteiger partial charge in [0, 0.05) is 0 Å². The third-order valence-corrected chi connectivity index (χ3v) is 2.21. The van der Waals surface area contributed by atoms with Crippen LogP contribution in [-0.4, -0.2) is 26.0 Å². The number of nitrogens with zero attached hydrogens (tertiary/aromatic N) is 1. The third kappa shape index (κ3) is 8.06. The van der Waals surface area contributed by atoms with Gasteiger partial charge in [0.2, 0.25) is 0 Å². The van der Waals surface area contributed by atoms with Crippen molar-refractivity contribution in [3.63, 3.8) is 0 Å². The molecule has 74 valence electrons. The molecule has 0 radical (unpaired) electrons. The maximum absolute atomic E-state index is 2.38. The highest BCUT2D eigenvalue weighted by Gasteiger charge is 2.19. The zero-order valence-electron chi connectivity index (χ0n) is 9.48. The molecule has 1 nitrogen and oxygen atoms in total. The van der Waals surface area contributed by atoms with Crippen LogP contribution in [0.3, 0.4) is 0 Å². The van der Waals surface area contributed by atoms with Crippen LogP contribution in [0.15, 0.2) is 0 Å². The van der Waals surface area contributed by atoms with Gasteiger partial charge in [-0.05, 0) is 39.4 Å². The van der Waals surface area contributed by atoms with Crippen LogP contribution in [0, 0.1) is 5.41 Å². The minimum absolute atomic E-state index is 0.679. The summed E-state index contributed by atoms with van der Waals surface area (Å²) in [4.78, 5) is 2.00. The standard InChI is InChI=1S/C8H16.C3H9N/c1-8(2)6-4-3-5-7-8;1-4(2)3/h3-7H2,1-2H3;1-3H3. The molecule has 1 rings (SSSR count). The highest BCUT2D eigenvalue weighted by molar-refractivity contribution is 4.72. The van der Waals surface area contributed by atoms with E-state index in [-0.39, 0.29) is 0 Å². The van der Waals surface area contributed by atoms with E-state index >= 15 is 0 Å². The average Bonchev–Trinajstić information content (AvgIpc) is 1.85. The molecule has 1 aliphatic rings. The molecule has 0 aromatic rings. The fourth-order valence-corrected chi connectivity index (χ4v) is 1.51. The predicted molar refractivity (Wildman–Crippen MR) is 56.5 cm³/mol. The first-order valence-electron chi connectivity index (χ1n) is 5.05. The first-order chi connectivity index (χ1) is 5.44. The minimum Gasteiger partial charge on any atom is -0.312 e. The topological polar surface area (TPSA) is 3.24 Å². The lowest BCUT2D eigenvalue weighted by atomic mass is 9.78. The van der Waals surface area contributed by atoms with Gasteiger partial charge in [0.05, 0.1) is 0 Å². The van der Waals surface area contributed by atoms with E-state index in [1.54, 1.807) is 0 Å². The SMILES string of the molecule is CC1(C)CCCCC1.CN(C)C. The Morgan fingerprint density at radius 3 is 1.33 bits per heavy atom. The van der Waals surface area contributed by atoms with Crippen LogP contribution in [0.5, 0.6) is 0 Å². The Morgan fingerprint density at radius 2 is 1.17 bits per heavy atom. The monoisotopic (exact) mass is 171 g/mol. The van der Waals surface area contributed by atoms with Crippen molar-refractivity contribution in [3.05, 3.63) is 0 Å². The second-order valence-corrected chi connectivity index (χ2v) is 5.07. The van der Waals surface area contributed by atoms with Gasteiger partial charge in [-0.1, -0.05) is 33.1 Å². The molecule has 0 bridgehead atoms. The van der Waals surface area contributed by atoms with Crippen LogP contribution in [0.25, 0.3) is 0 Å². The van der Waals surface area contributed by atoms with Crippen molar-refractivity contribution in [2.24, 2.45) is 5.41 Å². The summed E-state index contributed by atoms with van der Waals surface area (Å²) >= 11 is 0. The van der Waals surface area contributed by atoms with Crippen LogP contribution in [-0.2, 0) is 0 Å². The molecule has 1 aliphatic carbocycles. The quantitative estimate of drug-likeness (QED) is 0.541. The number of hydrogen-bond acceptors (Lipinski definition) is 1. The lowest BCUT2D eigenvalue weighted by molar-refractivity contribution is 0.244. The molecule has 0 heterocycles. The largest absolute Gasteiger partial charge is 0.312 e. The van der Waals surface area contributed by atoms with E-state index in [0.717, 1.165) is 0 Å². The van der Waals surface area contributed by atoms with Crippen molar-refractivity contribution < 1.29 is 0 Å². The molecule has 0 N–H and O–H groups in total. The van der Waals surface area contributed by atoms with Gasteiger partial charge in [-0.2, -0.15) is 0 Å². The van der Waals surface area contributed by atoms with Gasteiger partial charge in [0.1, 0.15) is 0 Å². The van der Waals surface area contributed by atoms with Crippen molar-refractivity contribution in [1.82, 2.24) is 4.90 Å². The molecule has 0 spiro atoms. The van der Waals surface area contributed by atoms with Crippen LogP contribution >= 0.6 is 0 Å². The first-order valence-corrected chi connectivity index (χ1v) is 5.05. The van der Waals surface area contributed by atoms with Gasteiger partial charge in [-0.15, -0.1) is 0 Å².